The molecule has 0 radical (unpaired) electrons. The van der Waals surface area contributed by atoms with Crippen molar-refractivity contribution in [2.75, 3.05) is 0 Å². The van der Waals surface area contributed by atoms with E-state index in [2.05, 4.69) is 10.3 Å². The number of nitriles is 1. The first-order chi connectivity index (χ1) is 9.20. The summed E-state index contributed by atoms with van der Waals surface area (Å²) in [6.07, 6.45) is 3.09. The van der Waals surface area contributed by atoms with Crippen molar-refractivity contribution in [1.29, 1.82) is 5.26 Å². The molecule has 1 heterocycles. The predicted octanol–water partition coefficient (Wildman–Crippen LogP) is 2.22. The van der Waals surface area contributed by atoms with Crippen LogP contribution in [0, 0.1) is 17.1 Å². The van der Waals surface area contributed by atoms with Gasteiger partial charge in [0, 0.05) is 18.0 Å². The van der Waals surface area contributed by atoms with Crippen LogP contribution in [-0.4, -0.2) is 10.9 Å². The number of benzene rings is 1. The van der Waals surface area contributed by atoms with E-state index in [1.165, 1.54) is 24.3 Å². The third-order valence-electron chi connectivity index (χ3n) is 2.55. The molecule has 0 saturated heterocycles. The summed E-state index contributed by atoms with van der Waals surface area (Å²) in [6.45, 7) is 0. The van der Waals surface area contributed by atoms with E-state index >= 15 is 0 Å². The Morgan fingerprint density at radius 1 is 1.21 bits per heavy atom. The number of carbonyl (C=O) groups excluding carboxylic acids is 1. The zero-order valence-electron chi connectivity index (χ0n) is 9.88. The highest BCUT2D eigenvalue weighted by molar-refractivity contribution is 5.94. The maximum atomic E-state index is 12.8. The molecule has 0 aliphatic rings. The van der Waals surface area contributed by atoms with E-state index in [1.807, 2.05) is 6.07 Å². The van der Waals surface area contributed by atoms with Gasteiger partial charge in [0.25, 0.3) is 5.91 Å². The van der Waals surface area contributed by atoms with Crippen LogP contribution in [0.1, 0.15) is 22.0 Å². The Bertz CT molecular complexity index is 605. The van der Waals surface area contributed by atoms with Crippen molar-refractivity contribution in [3.8, 4) is 6.07 Å². The molecule has 0 aliphatic carbocycles. The van der Waals surface area contributed by atoms with Crippen LogP contribution < -0.4 is 5.32 Å². The summed E-state index contributed by atoms with van der Waals surface area (Å²) in [5.41, 5.74) is 0.948. The fourth-order valence-electron chi connectivity index (χ4n) is 1.56. The van der Waals surface area contributed by atoms with Gasteiger partial charge in [-0.1, -0.05) is 0 Å². The van der Waals surface area contributed by atoms with Crippen LogP contribution in [0.3, 0.4) is 0 Å². The maximum Gasteiger partial charge on any atom is 0.252 e. The van der Waals surface area contributed by atoms with Gasteiger partial charge in [-0.3, -0.25) is 9.78 Å². The van der Waals surface area contributed by atoms with E-state index in [1.54, 1.807) is 24.5 Å². The first kappa shape index (κ1) is 12.7. The summed E-state index contributed by atoms with van der Waals surface area (Å²) >= 11 is 0. The topological polar surface area (TPSA) is 65.8 Å². The van der Waals surface area contributed by atoms with Crippen LogP contribution in [0.5, 0.6) is 0 Å². The van der Waals surface area contributed by atoms with E-state index in [4.69, 9.17) is 5.26 Å². The Morgan fingerprint density at radius 2 is 1.84 bits per heavy atom. The Kier molecular flexibility index (Phi) is 3.84. The van der Waals surface area contributed by atoms with Gasteiger partial charge in [0.05, 0.1) is 6.07 Å². The lowest BCUT2D eigenvalue weighted by molar-refractivity contribution is 0.0945. The van der Waals surface area contributed by atoms with Crippen LogP contribution >= 0.6 is 0 Å². The van der Waals surface area contributed by atoms with E-state index in [9.17, 15) is 9.18 Å². The van der Waals surface area contributed by atoms with E-state index in [0.29, 0.717) is 11.1 Å². The minimum Gasteiger partial charge on any atom is -0.332 e. The molecule has 19 heavy (non-hydrogen) atoms. The highest BCUT2D eigenvalue weighted by Crippen LogP contribution is 2.12. The zero-order chi connectivity index (χ0) is 13.7. The smallest absolute Gasteiger partial charge is 0.252 e. The molecular weight excluding hydrogens is 245 g/mol. The standard InChI is InChI=1S/C14H10FN3O/c15-12-3-1-11(2-4-12)14(19)18-13(9-16)10-5-7-17-8-6-10/h1-8,13H,(H,18,19). The molecule has 1 amide bonds. The van der Waals surface area contributed by atoms with Gasteiger partial charge in [0.2, 0.25) is 0 Å². The average molecular weight is 255 g/mol. The third-order valence-corrected chi connectivity index (χ3v) is 2.55. The van der Waals surface area contributed by atoms with Crippen LogP contribution in [-0.2, 0) is 0 Å². The van der Waals surface area contributed by atoms with Crippen molar-refractivity contribution < 1.29 is 9.18 Å². The third kappa shape index (κ3) is 3.13. The Labute approximate surface area is 109 Å². The van der Waals surface area contributed by atoms with Gasteiger partial charge in [-0.25, -0.2) is 4.39 Å². The van der Waals surface area contributed by atoms with Crippen molar-refractivity contribution >= 4 is 5.91 Å². The molecule has 2 rings (SSSR count). The second kappa shape index (κ2) is 5.74. The van der Waals surface area contributed by atoms with Crippen molar-refractivity contribution in [3.63, 3.8) is 0 Å². The predicted molar refractivity (Wildman–Crippen MR) is 66.5 cm³/mol. The summed E-state index contributed by atoms with van der Waals surface area (Å²) < 4.78 is 12.8. The summed E-state index contributed by atoms with van der Waals surface area (Å²) in [5, 5.41) is 11.6. The number of halogens is 1. The molecule has 0 bridgehead atoms. The number of nitrogens with one attached hydrogen (secondary N) is 1. The average Bonchev–Trinajstić information content (AvgIpc) is 2.46. The molecule has 4 nitrogen and oxygen atoms in total. The number of carbonyl (C=O) groups is 1. The fraction of sp³-hybridized carbons (Fsp3) is 0.0714. The lowest BCUT2D eigenvalue weighted by Crippen LogP contribution is -2.27. The summed E-state index contributed by atoms with van der Waals surface area (Å²) in [5.74, 6) is -0.842. The Morgan fingerprint density at radius 3 is 2.42 bits per heavy atom. The normalized spacial score (nSPS) is 11.4. The number of hydrogen-bond donors (Lipinski definition) is 1. The van der Waals surface area contributed by atoms with Gasteiger partial charge in [-0.05, 0) is 42.0 Å². The van der Waals surface area contributed by atoms with Gasteiger partial charge < -0.3 is 5.32 Å². The van der Waals surface area contributed by atoms with E-state index in [0.717, 1.165) is 0 Å². The Balaban J connectivity index is 2.13. The zero-order valence-corrected chi connectivity index (χ0v) is 9.88. The molecule has 1 aromatic heterocycles. The molecule has 0 spiro atoms. The first-order valence-electron chi connectivity index (χ1n) is 5.56. The van der Waals surface area contributed by atoms with Crippen LogP contribution in [0.15, 0.2) is 48.8 Å². The minimum atomic E-state index is -0.763. The van der Waals surface area contributed by atoms with Crippen molar-refractivity contribution in [2.45, 2.75) is 6.04 Å². The molecule has 1 N–H and O–H groups in total. The van der Waals surface area contributed by atoms with Gasteiger partial charge in [-0.2, -0.15) is 5.26 Å². The molecule has 0 aliphatic heterocycles. The highest BCUT2D eigenvalue weighted by atomic mass is 19.1. The lowest BCUT2D eigenvalue weighted by atomic mass is 10.1. The van der Waals surface area contributed by atoms with E-state index in [-0.39, 0.29) is 0 Å². The van der Waals surface area contributed by atoms with Crippen LogP contribution in [0.2, 0.25) is 0 Å². The molecule has 0 saturated carbocycles. The molecule has 1 aromatic carbocycles. The molecular formula is C14H10FN3O. The summed E-state index contributed by atoms with van der Waals surface area (Å²) in [6, 6.07) is 9.66. The highest BCUT2D eigenvalue weighted by Gasteiger charge is 2.14. The number of rotatable bonds is 3. The minimum absolute atomic E-state index is 0.302. The van der Waals surface area contributed by atoms with Gasteiger partial charge in [-0.15, -0.1) is 0 Å². The number of pyridine rings is 1. The monoisotopic (exact) mass is 255 g/mol. The fourth-order valence-corrected chi connectivity index (χ4v) is 1.56. The summed E-state index contributed by atoms with van der Waals surface area (Å²) in [7, 11) is 0. The maximum absolute atomic E-state index is 12.8. The number of aromatic nitrogens is 1. The molecule has 1 unspecified atom stereocenters. The second-order valence-corrected chi connectivity index (χ2v) is 3.82. The quantitative estimate of drug-likeness (QED) is 0.914. The summed E-state index contributed by atoms with van der Waals surface area (Å²) in [4.78, 5) is 15.7. The molecule has 0 fully saturated rings. The lowest BCUT2D eigenvalue weighted by Gasteiger charge is -2.11. The van der Waals surface area contributed by atoms with Gasteiger partial charge >= 0.3 is 0 Å². The molecule has 2 aromatic rings. The molecule has 1 atom stereocenters. The SMILES string of the molecule is N#CC(NC(=O)c1ccc(F)cc1)c1ccncc1. The van der Waals surface area contributed by atoms with Crippen molar-refractivity contribution in [1.82, 2.24) is 10.3 Å². The molecule has 5 heteroatoms. The second-order valence-electron chi connectivity index (χ2n) is 3.82. The first-order valence-corrected chi connectivity index (χ1v) is 5.56. The molecule has 94 valence electrons. The van der Waals surface area contributed by atoms with E-state index < -0.39 is 17.8 Å². The number of amides is 1. The van der Waals surface area contributed by atoms with Crippen LogP contribution in [0.4, 0.5) is 4.39 Å². The van der Waals surface area contributed by atoms with Gasteiger partial charge in [0.1, 0.15) is 11.9 Å². The largest absolute Gasteiger partial charge is 0.332 e. The van der Waals surface area contributed by atoms with Crippen molar-refractivity contribution in [2.24, 2.45) is 0 Å². The van der Waals surface area contributed by atoms with Gasteiger partial charge in [0.15, 0.2) is 0 Å². The Hall–Kier alpha value is -2.74. The number of hydrogen-bond acceptors (Lipinski definition) is 3. The number of nitrogens with zero attached hydrogens (tertiary/aromatic N) is 2. The van der Waals surface area contributed by atoms with Crippen molar-refractivity contribution in [3.05, 3.63) is 65.7 Å². The van der Waals surface area contributed by atoms with Crippen LogP contribution in [0.25, 0.3) is 0 Å².